The van der Waals surface area contributed by atoms with E-state index in [-0.39, 0.29) is 17.9 Å². The topological polar surface area (TPSA) is 125 Å². The summed E-state index contributed by atoms with van der Waals surface area (Å²) in [6.45, 7) is 7.96. The number of phenols is 1. The maximum absolute atomic E-state index is 11.7. The SMILES string of the molecule is CC.[B]NC(=O)C(Cc1ccc(OC(C)(C)C(=O)O)c(O)c1)NC(C)=O. The van der Waals surface area contributed by atoms with Gasteiger partial charge in [0.25, 0.3) is 0 Å². The molecule has 0 aromatic heterocycles. The van der Waals surface area contributed by atoms with Crippen LogP contribution in [-0.4, -0.2) is 47.6 Å². The maximum Gasteiger partial charge on any atom is 0.347 e. The summed E-state index contributed by atoms with van der Waals surface area (Å²) in [6.07, 6.45) is 0.0821. The van der Waals surface area contributed by atoms with Crippen molar-refractivity contribution in [2.45, 2.75) is 52.7 Å². The monoisotopic (exact) mass is 364 g/mol. The second-order valence-corrected chi connectivity index (χ2v) is 5.69. The zero-order valence-corrected chi connectivity index (χ0v) is 15.6. The second kappa shape index (κ2) is 10.3. The van der Waals surface area contributed by atoms with Crippen LogP contribution in [-0.2, 0) is 20.8 Å². The Morgan fingerprint density at radius 1 is 1.27 bits per heavy atom. The molecule has 8 nitrogen and oxygen atoms in total. The van der Waals surface area contributed by atoms with E-state index >= 15 is 0 Å². The van der Waals surface area contributed by atoms with Crippen LogP contribution in [0.3, 0.4) is 0 Å². The van der Waals surface area contributed by atoms with Crippen molar-refractivity contribution in [3.63, 3.8) is 0 Å². The Kier molecular flexibility index (Phi) is 9.25. The number of hydrogen-bond donors (Lipinski definition) is 4. The summed E-state index contributed by atoms with van der Waals surface area (Å²) in [4.78, 5) is 33.9. The summed E-state index contributed by atoms with van der Waals surface area (Å²) in [5, 5.41) is 23.4. The number of amides is 2. The lowest BCUT2D eigenvalue weighted by Gasteiger charge is -2.22. The van der Waals surface area contributed by atoms with Crippen molar-refractivity contribution in [2.75, 3.05) is 0 Å². The third kappa shape index (κ3) is 7.04. The lowest BCUT2D eigenvalue weighted by Crippen LogP contribution is -2.46. The molecule has 2 radical (unpaired) electrons. The number of phenolic OH excluding ortho intramolecular Hbond substituents is 1. The number of ether oxygens (including phenoxy) is 1. The van der Waals surface area contributed by atoms with Gasteiger partial charge in [-0.25, -0.2) is 4.79 Å². The molecule has 0 aliphatic heterocycles. The van der Waals surface area contributed by atoms with Gasteiger partial charge in [-0.15, -0.1) is 0 Å². The van der Waals surface area contributed by atoms with Crippen LogP contribution in [0, 0.1) is 0 Å². The number of carbonyl (C=O) groups excluding carboxylic acids is 2. The largest absolute Gasteiger partial charge is 0.504 e. The Morgan fingerprint density at radius 3 is 2.27 bits per heavy atom. The smallest absolute Gasteiger partial charge is 0.347 e. The van der Waals surface area contributed by atoms with E-state index in [2.05, 4.69) is 5.32 Å². The number of rotatable bonds is 7. The summed E-state index contributed by atoms with van der Waals surface area (Å²) in [6, 6.07) is 3.35. The van der Waals surface area contributed by atoms with Gasteiger partial charge in [-0.3, -0.25) is 9.59 Å². The van der Waals surface area contributed by atoms with Gasteiger partial charge in [0, 0.05) is 13.3 Å². The number of aliphatic carboxylic acids is 1. The normalized spacial score (nSPS) is 11.4. The first-order chi connectivity index (χ1) is 12.1. The van der Waals surface area contributed by atoms with Gasteiger partial charge in [0.2, 0.25) is 19.8 Å². The fraction of sp³-hybridized carbons (Fsp3) is 0.471. The van der Waals surface area contributed by atoms with Gasteiger partial charge >= 0.3 is 5.97 Å². The van der Waals surface area contributed by atoms with E-state index in [1.165, 1.54) is 32.9 Å². The van der Waals surface area contributed by atoms with Crippen LogP contribution < -0.4 is 15.3 Å². The highest BCUT2D eigenvalue weighted by Gasteiger charge is 2.30. The van der Waals surface area contributed by atoms with Crippen molar-refractivity contribution in [3.05, 3.63) is 23.8 Å². The van der Waals surface area contributed by atoms with Crippen molar-refractivity contribution in [2.24, 2.45) is 0 Å². The van der Waals surface area contributed by atoms with E-state index in [1.807, 2.05) is 19.1 Å². The van der Waals surface area contributed by atoms with Crippen molar-refractivity contribution < 1.29 is 29.3 Å². The fourth-order valence-corrected chi connectivity index (χ4v) is 1.89. The van der Waals surface area contributed by atoms with Gasteiger partial charge in [0.05, 0.1) is 0 Å². The minimum atomic E-state index is -1.52. The van der Waals surface area contributed by atoms with Crippen LogP contribution in [0.2, 0.25) is 0 Å². The summed E-state index contributed by atoms with van der Waals surface area (Å²) in [7, 11) is 5.08. The number of carbonyl (C=O) groups is 3. The van der Waals surface area contributed by atoms with E-state index in [9.17, 15) is 19.5 Å². The van der Waals surface area contributed by atoms with E-state index < -0.39 is 29.4 Å². The third-order valence-electron chi connectivity index (χ3n) is 3.18. The van der Waals surface area contributed by atoms with Gasteiger partial charge < -0.3 is 25.5 Å². The Bertz CT molecular complexity index is 648. The number of nitrogens with one attached hydrogen (secondary N) is 2. The molecular formula is C17H25BN2O6. The van der Waals surface area contributed by atoms with Crippen molar-refractivity contribution >= 4 is 25.8 Å². The molecule has 2 amide bonds. The Labute approximate surface area is 154 Å². The molecule has 26 heavy (non-hydrogen) atoms. The van der Waals surface area contributed by atoms with Gasteiger partial charge in [-0.05, 0) is 31.5 Å². The van der Waals surface area contributed by atoms with Gasteiger partial charge in [-0.1, -0.05) is 19.9 Å². The highest BCUT2D eigenvalue weighted by atomic mass is 16.5. The molecule has 0 heterocycles. The fourth-order valence-electron chi connectivity index (χ4n) is 1.89. The third-order valence-corrected chi connectivity index (χ3v) is 3.18. The second-order valence-electron chi connectivity index (χ2n) is 5.69. The first-order valence-electron chi connectivity index (χ1n) is 8.08. The molecule has 1 unspecified atom stereocenters. The van der Waals surface area contributed by atoms with Crippen LogP contribution in [0.5, 0.6) is 11.5 Å². The number of hydrogen-bond acceptors (Lipinski definition) is 5. The minimum absolute atomic E-state index is 0.00879. The summed E-state index contributed by atoms with van der Waals surface area (Å²) in [5.41, 5.74) is -0.993. The van der Waals surface area contributed by atoms with Crippen LogP contribution >= 0.6 is 0 Å². The molecule has 4 N–H and O–H groups in total. The summed E-state index contributed by atoms with van der Waals surface area (Å²) < 4.78 is 5.27. The molecule has 0 fully saturated rings. The summed E-state index contributed by atoms with van der Waals surface area (Å²) >= 11 is 0. The molecular weight excluding hydrogens is 339 g/mol. The molecule has 1 aromatic rings. The zero-order chi connectivity index (χ0) is 20.5. The van der Waals surface area contributed by atoms with E-state index in [4.69, 9.17) is 17.8 Å². The van der Waals surface area contributed by atoms with E-state index in [0.717, 1.165) is 0 Å². The molecule has 1 atom stereocenters. The molecule has 0 spiro atoms. The van der Waals surface area contributed by atoms with Crippen LogP contribution in [0.15, 0.2) is 18.2 Å². The predicted molar refractivity (Wildman–Crippen MR) is 97.0 cm³/mol. The molecule has 142 valence electrons. The maximum atomic E-state index is 11.7. The van der Waals surface area contributed by atoms with Gasteiger partial charge in [0.15, 0.2) is 17.1 Å². The van der Waals surface area contributed by atoms with Crippen molar-refractivity contribution in [3.8, 4) is 11.5 Å². The lowest BCUT2D eigenvalue weighted by atomic mass is 10.0. The van der Waals surface area contributed by atoms with E-state index in [0.29, 0.717) is 5.56 Å². The van der Waals surface area contributed by atoms with Crippen molar-refractivity contribution in [1.29, 1.82) is 0 Å². The molecule has 1 aromatic carbocycles. The number of carboxylic acids is 1. The zero-order valence-electron chi connectivity index (χ0n) is 15.6. The first kappa shape index (κ1) is 23.3. The van der Waals surface area contributed by atoms with Gasteiger partial charge in [-0.2, -0.15) is 0 Å². The van der Waals surface area contributed by atoms with Gasteiger partial charge in [0.1, 0.15) is 6.04 Å². The van der Waals surface area contributed by atoms with E-state index in [1.54, 1.807) is 6.07 Å². The molecule has 1 rings (SSSR count). The van der Waals surface area contributed by atoms with Crippen LogP contribution in [0.25, 0.3) is 0 Å². The average molecular weight is 364 g/mol. The minimum Gasteiger partial charge on any atom is -0.504 e. The quantitative estimate of drug-likeness (QED) is 0.533. The highest BCUT2D eigenvalue weighted by Crippen LogP contribution is 2.30. The summed E-state index contributed by atoms with van der Waals surface area (Å²) in [5.74, 6) is -2.47. The standard InChI is InChI=1S/C15H19BN2O6.C2H6/c1-8(19)17-10(13(21)18-16)6-9-4-5-12(11(20)7-9)24-15(2,3)14(22)23;1-2/h4-5,7,10,20H,6H2,1-3H3,(H,17,19)(H,18,21)(H,22,23);1-2H3. The number of benzene rings is 1. The van der Waals surface area contributed by atoms with Crippen molar-refractivity contribution in [1.82, 2.24) is 10.5 Å². The first-order valence-corrected chi connectivity index (χ1v) is 8.08. The Morgan fingerprint density at radius 2 is 1.85 bits per heavy atom. The molecule has 0 saturated carbocycles. The lowest BCUT2D eigenvalue weighted by molar-refractivity contribution is -0.152. The molecule has 0 aliphatic carbocycles. The molecule has 0 bridgehead atoms. The molecule has 9 heteroatoms. The Balaban J connectivity index is 0.00000301. The van der Waals surface area contributed by atoms with Crippen LogP contribution in [0.4, 0.5) is 0 Å². The number of aromatic hydroxyl groups is 1. The Hall–Kier alpha value is -2.71. The molecule has 0 saturated heterocycles. The van der Waals surface area contributed by atoms with Crippen LogP contribution in [0.1, 0.15) is 40.2 Å². The number of carboxylic acid groups (broad SMARTS) is 1. The molecule has 0 aliphatic rings. The highest BCUT2D eigenvalue weighted by molar-refractivity contribution is 6.15. The average Bonchev–Trinajstić information content (AvgIpc) is 2.57. The predicted octanol–water partition coefficient (Wildman–Crippen LogP) is 0.907.